The molecule has 1 aromatic carbocycles. The summed E-state index contributed by atoms with van der Waals surface area (Å²) >= 11 is 0. The normalized spacial score (nSPS) is 23.3. The Labute approximate surface area is 186 Å². The molecule has 10 heteroatoms. The molecular weight excluding hydrogens is 427 g/mol. The summed E-state index contributed by atoms with van der Waals surface area (Å²) in [5.41, 5.74) is 0.810. The first kappa shape index (κ1) is 24.4. The fraction of sp³-hybridized carbons (Fsp3) is 0.682. The van der Waals surface area contributed by atoms with Gasteiger partial charge in [0, 0.05) is 62.1 Å². The Hall–Kier alpha value is -2.20. The van der Waals surface area contributed by atoms with Crippen LogP contribution in [0.4, 0.5) is 23.7 Å². The molecule has 32 heavy (non-hydrogen) atoms. The van der Waals surface area contributed by atoms with E-state index >= 15 is 0 Å². The molecule has 2 unspecified atom stereocenters. The lowest BCUT2D eigenvalue weighted by Gasteiger charge is -2.49. The zero-order valence-electron chi connectivity index (χ0n) is 19.0. The van der Waals surface area contributed by atoms with Gasteiger partial charge in [0.15, 0.2) is 0 Å². The second kappa shape index (κ2) is 9.35. The number of amides is 1. The number of nitrogens with zero attached hydrogens (tertiary/aromatic N) is 3. The molecule has 0 aliphatic carbocycles. The number of benzene rings is 1. The van der Waals surface area contributed by atoms with Crippen molar-refractivity contribution >= 4 is 11.8 Å². The third-order valence-electron chi connectivity index (χ3n) is 6.11. The van der Waals surface area contributed by atoms with Gasteiger partial charge in [-0.15, -0.1) is 13.2 Å². The van der Waals surface area contributed by atoms with Crippen LogP contribution in [-0.2, 0) is 11.3 Å². The first-order valence-electron chi connectivity index (χ1n) is 10.8. The van der Waals surface area contributed by atoms with E-state index in [0.29, 0.717) is 50.6 Å². The number of piperazine rings is 1. The van der Waals surface area contributed by atoms with Crippen molar-refractivity contribution < 1.29 is 32.5 Å². The number of carboxylic acid groups (broad SMARTS) is 1. The van der Waals surface area contributed by atoms with Crippen LogP contribution in [0.2, 0.25) is 0 Å². The number of alkyl halides is 3. The number of anilines is 1. The Morgan fingerprint density at radius 1 is 1.19 bits per heavy atom. The monoisotopic (exact) mass is 459 g/mol. The van der Waals surface area contributed by atoms with Crippen molar-refractivity contribution in [3.05, 3.63) is 23.8 Å². The van der Waals surface area contributed by atoms with Crippen LogP contribution in [0, 0.1) is 5.41 Å². The van der Waals surface area contributed by atoms with E-state index < -0.39 is 12.5 Å². The molecule has 3 rings (SSSR count). The van der Waals surface area contributed by atoms with Crippen molar-refractivity contribution in [2.45, 2.75) is 52.7 Å². The molecule has 0 saturated carbocycles. The number of morpholine rings is 1. The number of carbonyl (C=O) groups is 1. The Morgan fingerprint density at radius 3 is 2.41 bits per heavy atom. The van der Waals surface area contributed by atoms with Gasteiger partial charge in [0.05, 0.1) is 13.2 Å². The largest absolute Gasteiger partial charge is 0.573 e. The standard InChI is InChI=1S/C22H32F3N3O4/c1-15-12-27(19(21(2,3)4)14-28(15)20(29)30)13-16-5-6-17(26-7-9-31-10-8-26)11-18(16)32-22(23,24)25/h5-6,11,15,19H,7-10,12-14H2,1-4H3,(H,29,30). The Balaban J connectivity index is 1.90. The van der Waals surface area contributed by atoms with Crippen LogP contribution >= 0.6 is 0 Å². The van der Waals surface area contributed by atoms with E-state index in [2.05, 4.69) is 9.64 Å². The smallest absolute Gasteiger partial charge is 0.465 e. The number of hydrogen-bond acceptors (Lipinski definition) is 5. The summed E-state index contributed by atoms with van der Waals surface area (Å²) in [7, 11) is 0. The molecule has 180 valence electrons. The van der Waals surface area contributed by atoms with Gasteiger partial charge >= 0.3 is 12.5 Å². The highest BCUT2D eigenvalue weighted by Crippen LogP contribution is 2.35. The van der Waals surface area contributed by atoms with E-state index in [9.17, 15) is 23.1 Å². The fourth-order valence-corrected chi connectivity index (χ4v) is 4.44. The zero-order chi connectivity index (χ0) is 23.7. The molecule has 2 heterocycles. The second-order valence-electron chi connectivity index (χ2n) is 9.53. The molecule has 7 nitrogen and oxygen atoms in total. The number of halogens is 3. The molecule has 0 bridgehead atoms. The number of ether oxygens (including phenoxy) is 2. The van der Waals surface area contributed by atoms with Crippen LogP contribution in [0.5, 0.6) is 5.75 Å². The van der Waals surface area contributed by atoms with Crippen molar-refractivity contribution in [1.29, 1.82) is 0 Å². The molecule has 1 N–H and O–H groups in total. The Morgan fingerprint density at radius 2 is 1.84 bits per heavy atom. The van der Waals surface area contributed by atoms with E-state index in [-0.39, 0.29) is 29.8 Å². The van der Waals surface area contributed by atoms with Crippen LogP contribution < -0.4 is 9.64 Å². The van der Waals surface area contributed by atoms with E-state index in [0.717, 1.165) is 0 Å². The summed E-state index contributed by atoms with van der Waals surface area (Å²) in [5, 5.41) is 9.54. The summed E-state index contributed by atoms with van der Waals surface area (Å²) in [6.45, 7) is 11.0. The van der Waals surface area contributed by atoms with E-state index in [4.69, 9.17) is 4.74 Å². The van der Waals surface area contributed by atoms with Gasteiger partial charge in [0.1, 0.15) is 5.75 Å². The van der Waals surface area contributed by atoms with Gasteiger partial charge in [-0.2, -0.15) is 0 Å². The van der Waals surface area contributed by atoms with Gasteiger partial charge in [-0.1, -0.05) is 26.8 Å². The van der Waals surface area contributed by atoms with Gasteiger partial charge in [0.2, 0.25) is 0 Å². The molecule has 2 aliphatic heterocycles. The van der Waals surface area contributed by atoms with Gasteiger partial charge in [-0.05, 0) is 18.4 Å². The summed E-state index contributed by atoms with van der Waals surface area (Å²) in [4.78, 5) is 17.1. The maximum absolute atomic E-state index is 13.2. The third kappa shape index (κ3) is 5.98. The molecule has 2 saturated heterocycles. The number of hydrogen-bond donors (Lipinski definition) is 1. The average Bonchev–Trinajstić information content (AvgIpc) is 2.67. The highest BCUT2D eigenvalue weighted by atomic mass is 19.4. The van der Waals surface area contributed by atoms with Gasteiger partial charge < -0.3 is 24.4 Å². The molecule has 2 atom stereocenters. The molecule has 0 radical (unpaired) electrons. The minimum Gasteiger partial charge on any atom is -0.465 e. The minimum absolute atomic E-state index is 0.160. The van der Waals surface area contributed by atoms with E-state index in [1.807, 2.05) is 38.7 Å². The maximum Gasteiger partial charge on any atom is 0.573 e. The lowest BCUT2D eigenvalue weighted by molar-refractivity contribution is -0.275. The predicted molar refractivity (Wildman–Crippen MR) is 114 cm³/mol. The van der Waals surface area contributed by atoms with Crippen molar-refractivity contribution in [1.82, 2.24) is 9.80 Å². The quantitative estimate of drug-likeness (QED) is 0.734. The summed E-state index contributed by atoms with van der Waals surface area (Å²) < 4.78 is 49.4. The van der Waals surface area contributed by atoms with Crippen LogP contribution in [0.1, 0.15) is 33.3 Å². The molecule has 2 fully saturated rings. The third-order valence-corrected chi connectivity index (χ3v) is 6.11. The SMILES string of the molecule is CC1CN(Cc2ccc(N3CCOCC3)cc2OC(F)(F)F)C(C(C)(C)C)CN1C(=O)O. The van der Waals surface area contributed by atoms with Crippen molar-refractivity contribution in [3.8, 4) is 5.75 Å². The fourth-order valence-electron chi connectivity index (χ4n) is 4.44. The average molecular weight is 460 g/mol. The lowest BCUT2D eigenvalue weighted by Crippen LogP contribution is -2.61. The summed E-state index contributed by atoms with van der Waals surface area (Å²) in [6.07, 6.45) is -5.79. The number of rotatable bonds is 4. The van der Waals surface area contributed by atoms with Crippen molar-refractivity contribution in [2.24, 2.45) is 5.41 Å². The molecule has 1 aromatic rings. The first-order valence-corrected chi connectivity index (χ1v) is 10.8. The van der Waals surface area contributed by atoms with Crippen molar-refractivity contribution in [3.63, 3.8) is 0 Å². The molecule has 0 aromatic heterocycles. The lowest BCUT2D eigenvalue weighted by atomic mass is 9.83. The Bertz CT molecular complexity index is 807. The summed E-state index contributed by atoms with van der Waals surface area (Å²) in [6, 6.07) is 4.50. The minimum atomic E-state index is -4.81. The van der Waals surface area contributed by atoms with E-state index in [1.54, 1.807) is 6.07 Å². The maximum atomic E-state index is 13.2. The van der Waals surface area contributed by atoms with E-state index in [1.165, 1.54) is 11.0 Å². The van der Waals surface area contributed by atoms with Crippen LogP contribution in [-0.4, -0.2) is 78.8 Å². The molecule has 0 spiro atoms. The Kier molecular flexibility index (Phi) is 7.14. The van der Waals surface area contributed by atoms with Crippen LogP contribution in [0.3, 0.4) is 0 Å². The highest BCUT2D eigenvalue weighted by molar-refractivity contribution is 5.65. The van der Waals surface area contributed by atoms with Crippen LogP contribution in [0.25, 0.3) is 0 Å². The van der Waals surface area contributed by atoms with Crippen molar-refractivity contribution in [2.75, 3.05) is 44.3 Å². The van der Waals surface area contributed by atoms with Gasteiger partial charge in [-0.3, -0.25) is 4.90 Å². The molecule has 1 amide bonds. The topological polar surface area (TPSA) is 65.5 Å². The van der Waals surface area contributed by atoms with Gasteiger partial charge in [0.25, 0.3) is 0 Å². The highest BCUT2D eigenvalue weighted by Gasteiger charge is 2.40. The van der Waals surface area contributed by atoms with Crippen LogP contribution in [0.15, 0.2) is 18.2 Å². The molecular formula is C22H32F3N3O4. The first-order chi connectivity index (χ1) is 14.8. The summed E-state index contributed by atoms with van der Waals surface area (Å²) in [5.74, 6) is -0.220. The van der Waals surface area contributed by atoms with Gasteiger partial charge in [-0.25, -0.2) is 4.79 Å². The second-order valence-corrected chi connectivity index (χ2v) is 9.53. The predicted octanol–water partition coefficient (Wildman–Crippen LogP) is 4.02. The zero-order valence-corrected chi connectivity index (χ0v) is 19.0. The molecule has 2 aliphatic rings.